The fourth-order valence-electron chi connectivity index (χ4n) is 1.59. The minimum Gasteiger partial charge on any atom is -0.408 e. The van der Waals surface area contributed by atoms with Gasteiger partial charge in [-0.05, 0) is 17.9 Å². The standard InChI is InChI=1S/C11H14N2O2S/c1-2-16-6-5-13-9-4-3-8(12)7-10(9)15-11(13)14/h3-4,7H,2,5-6,12H2,1H3. The molecule has 1 heterocycles. The van der Waals surface area contributed by atoms with Gasteiger partial charge in [-0.25, -0.2) is 4.79 Å². The lowest BCUT2D eigenvalue weighted by atomic mass is 10.3. The van der Waals surface area contributed by atoms with Gasteiger partial charge in [0, 0.05) is 24.1 Å². The van der Waals surface area contributed by atoms with Crippen LogP contribution in [-0.4, -0.2) is 16.1 Å². The zero-order valence-electron chi connectivity index (χ0n) is 9.10. The summed E-state index contributed by atoms with van der Waals surface area (Å²) in [5, 5.41) is 0. The Labute approximate surface area is 97.4 Å². The monoisotopic (exact) mass is 238 g/mol. The van der Waals surface area contributed by atoms with Gasteiger partial charge < -0.3 is 10.2 Å². The smallest absolute Gasteiger partial charge is 0.408 e. The molecular formula is C11H14N2O2S. The van der Waals surface area contributed by atoms with E-state index in [2.05, 4.69) is 6.92 Å². The van der Waals surface area contributed by atoms with Crippen LogP contribution in [0.5, 0.6) is 0 Å². The van der Waals surface area contributed by atoms with E-state index in [0.717, 1.165) is 17.0 Å². The van der Waals surface area contributed by atoms with Crippen molar-refractivity contribution in [3.8, 4) is 0 Å². The van der Waals surface area contributed by atoms with E-state index in [1.807, 2.05) is 6.07 Å². The van der Waals surface area contributed by atoms with Crippen LogP contribution in [0.15, 0.2) is 27.4 Å². The normalized spacial score (nSPS) is 11.1. The van der Waals surface area contributed by atoms with Gasteiger partial charge in [0.05, 0.1) is 5.52 Å². The second-order valence-electron chi connectivity index (χ2n) is 3.44. The molecule has 4 nitrogen and oxygen atoms in total. The average molecular weight is 238 g/mol. The zero-order valence-corrected chi connectivity index (χ0v) is 9.92. The van der Waals surface area contributed by atoms with Crippen LogP contribution < -0.4 is 11.5 Å². The molecule has 0 saturated heterocycles. The van der Waals surface area contributed by atoms with Gasteiger partial charge in [0.25, 0.3) is 0 Å². The highest BCUT2D eigenvalue weighted by Crippen LogP contribution is 2.16. The minimum absolute atomic E-state index is 0.308. The quantitative estimate of drug-likeness (QED) is 0.653. The van der Waals surface area contributed by atoms with Crippen molar-refractivity contribution >= 4 is 28.5 Å². The van der Waals surface area contributed by atoms with Gasteiger partial charge in [-0.15, -0.1) is 0 Å². The fourth-order valence-corrected chi connectivity index (χ4v) is 2.20. The molecule has 2 rings (SSSR count). The molecule has 0 unspecified atom stereocenters. The van der Waals surface area contributed by atoms with E-state index in [9.17, 15) is 4.79 Å². The first-order valence-corrected chi connectivity index (χ1v) is 6.34. The summed E-state index contributed by atoms with van der Waals surface area (Å²) in [6, 6.07) is 5.28. The Bertz CT molecular complexity index is 544. The lowest BCUT2D eigenvalue weighted by molar-refractivity contribution is 0.514. The number of aromatic nitrogens is 1. The van der Waals surface area contributed by atoms with E-state index in [-0.39, 0.29) is 5.76 Å². The molecule has 0 fully saturated rings. The largest absolute Gasteiger partial charge is 0.419 e. The molecule has 0 bridgehead atoms. The molecule has 0 aliphatic carbocycles. The third kappa shape index (κ3) is 2.09. The van der Waals surface area contributed by atoms with Gasteiger partial charge in [0.1, 0.15) is 0 Å². The molecule has 0 radical (unpaired) electrons. The summed E-state index contributed by atoms with van der Waals surface area (Å²) in [4.78, 5) is 11.6. The summed E-state index contributed by atoms with van der Waals surface area (Å²) in [5.41, 5.74) is 7.61. The molecule has 2 N–H and O–H groups in total. The molecule has 86 valence electrons. The molecule has 2 aromatic rings. The van der Waals surface area contributed by atoms with Crippen molar-refractivity contribution in [1.82, 2.24) is 4.57 Å². The number of hydrogen-bond acceptors (Lipinski definition) is 4. The number of thioether (sulfide) groups is 1. The second kappa shape index (κ2) is 4.65. The Balaban J connectivity index is 2.36. The molecule has 0 aliphatic rings. The van der Waals surface area contributed by atoms with Crippen LogP contribution in [0, 0.1) is 0 Å². The molecule has 1 aromatic carbocycles. The summed E-state index contributed by atoms with van der Waals surface area (Å²) in [6.07, 6.45) is 0. The summed E-state index contributed by atoms with van der Waals surface area (Å²) in [6.45, 7) is 2.77. The van der Waals surface area contributed by atoms with Crippen molar-refractivity contribution in [2.75, 3.05) is 17.2 Å². The van der Waals surface area contributed by atoms with Crippen LogP contribution in [0.4, 0.5) is 5.69 Å². The molecular weight excluding hydrogens is 224 g/mol. The molecule has 1 aromatic heterocycles. The van der Waals surface area contributed by atoms with Crippen molar-refractivity contribution in [3.05, 3.63) is 28.7 Å². The highest BCUT2D eigenvalue weighted by Gasteiger charge is 2.08. The third-order valence-electron chi connectivity index (χ3n) is 2.36. The van der Waals surface area contributed by atoms with Crippen LogP contribution in [0.1, 0.15) is 6.92 Å². The molecule has 16 heavy (non-hydrogen) atoms. The minimum atomic E-state index is -0.308. The SMILES string of the molecule is CCSCCn1c(=O)oc2cc(N)ccc21. The van der Waals surface area contributed by atoms with Crippen molar-refractivity contribution in [2.45, 2.75) is 13.5 Å². The number of benzene rings is 1. The number of fused-ring (bicyclic) bond motifs is 1. The highest BCUT2D eigenvalue weighted by atomic mass is 32.2. The predicted octanol–water partition coefficient (Wildman–Crippen LogP) is 1.93. The van der Waals surface area contributed by atoms with Gasteiger partial charge >= 0.3 is 5.76 Å². The van der Waals surface area contributed by atoms with Gasteiger partial charge in [0.2, 0.25) is 0 Å². The predicted molar refractivity (Wildman–Crippen MR) is 67.9 cm³/mol. The Morgan fingerprint density at radius 3 is 3.06 bits per heavy atom. The number of aryl methyl sites for hydroxylation is 1. The summed E-state index contributed by atoms with van der Waals surface area (Å²) < 4.78 is 6.78. The second-order valence-corrected chi connectivity index (χ2v) is 4.84. The Morgan fingerprint density at radius 2 is 2.31 bits per heavy atom. The maximum Gasteiger partial charge on any atom is 0.419 e. The van der Waals surface area contributed by atoms with Gasteiger partial charge in [-0.2, -0.15) is 11.8 Å². The van der Waals surface area contributed by atoms with Crippen LogP contribution >= 0.6 is 11.8 Å². The van der Waals surface area contributed by atoms with Gasteiger partial charge in [-0.3, -0.25) is 4.57 Å². The zero-order chi connectivity index (χ0) is 11.5. The van der Waals surface area contributed by atoms with Gasteiger partial charge in [0.15, 0.2) is 5.58 Å². The summed E-state index contributed by atoms with van der Waals surface area (Å²) in [7, 11) is 0. The first-order chi connectivity index (χ1) is 7.72. The number of anilines is 1. The van der Waals surface area contributed by atoms with E-state index in [1.165, 1.54) is 0 Å². The van der Waals surface area contributed by atoms with Crippen molar-refractivity contribution in [2.24, 2.45) is 0 Å². The van der Waals surface area contributed by atoms with Crippen LogP contribution in [0.25, 0.3) is 11.1 Å². The maximum absolute atomic E-state index is 11.6. The lowest BCUT2D eigenvalue weighted by Gasteiger charge is -2.00. The van der Waals surface area contributed by atoms with E-state index in [0.29, 0.717) is 17.8 Å². The van der Waals surface area contributed by atoms with Crippen molar-refractivity contribution in [1.29, 1.82) is 0 Å². The molecule has 0 saturated carbocycles. The van der Waals surface area contributed by atoms with E-state index in [4.69, 9.17) is 10.2 Å². The molecule has 0 atom stereocenters. The topological polar surface area (TPSA) is 61.2 Å². The fraction of sp³-hybridized carbons (Fsp3) is 0.364. The molecule has 0 amide bonds. The van der Waals surface area contributed by atoms with Crippen molar-refractivity contribution < 1.29 is 4.42 Å². The Kier molecular flexibility index (Phi) is 3.24. The Morgan fingerprint density at radius 1 is 1.50 bits per heavy atom. The number of hydrogen-bond donors (Lipinski definition) is 1. The number of nitrogens with two attached hydrogens (primary N) is 1. The third-order valence-corrected chi connectivity index (χ3v) is 3.24. The number of oxazole rings is 1. The highest BCUT2D eigenvalue weighted by molar-refractivity contribution is 7.99. The maximum atomic E-state index is 11.6. The molecule has 5 heteroatoms. The van der Waals surface area contributed by atoms with Crippen LogP contribution in [0.3, 0.4) is 0 Å². The number of nitrogens with zero attached hydrogens (tertiary/aromatic N) is 1. The molecule has 0 spiro atoms. The van der Waals surface area contributed by atoms with E-state index >= 15 is 0 Å². The lowest BCUT2D eigenvalue weighted by Crippen LogP contribution is -2.15. The summed E-state index contributed by atoms with van der Waals surface area (Å²) in [5.74, 6) is 1.66. The first kappa shape index (κ1) is 11.1. The van der Waals surface area contributed by atoms with Crippen LogP contribution in [0.2, 0.25) is 0 Å². The molecule has 0 aliphatic heterocycles. The Hall–Kier alpha value is -1.36. The number of rotatable bonds is 4. The van der Waals surface area contributed by atoms with Crippen molar-refractivity contribution in [3.63, 3.8) is 0 Å². The van der Waals surface area contributed by atoms with E-state index in [1.54, 1.807) is 28.5 Å². The first-order valence-electron chi connectivity index (χ1n) is 5.19. The number of nitrogen functional groups attached to an aromatic ring is 1. The summed E-state index contributed by atoms with van der Waals surface area (Å²) >= 11 is 1.80. The average Bonchev–Trinajstić information content (AvgIpc) is 2.55. The van der Waals surface area contributed by atoms with Gasteiger partial charge in [-0.1, -0.05) is 6.92 Å². The van der Waals surface area contributed by atoms with E-state index < -0.39 is 0 Å². The van der Waals surface area contributed by atoms with Crippen LogP contribution in [-0.2, 0) is 6.54 Å².